The highest BCUT2D eigenvalue weighted by Gasteiger charge is 2.43. The zero-order valence-electron chi connectivity index (χ0n) is 25.5. The summed E-state index contributed by atoms with van der Waals surface area (Å²) >= 11 is 0. The highest BCUT2D eigenvalue weighted by atomic mass is 16.7. The molecule has 1 unspecified atom stereocenters. The minimum atomic E-state index is -2.13. The molecule has 42 heavy (non-hydrogen) atoms. The maximum atomic E-state index is 12.8. The summed E-state index contributed by atoms with van der Waals surface area (Å²) < 4.78 is 11.6. The van der Waals surface area contributed by atoms with Gasteiger partial charge in [-0.15, -0.1) is 0 Å². The summed E-state index contributed by atoms with van der Waals surface area (Å²) in [7, 11) is 1.86. The van der Waals surface area contributed by atoms with Crippen molar-refractivity contribution in [3.05, 3.63) is 60.3 Å². The van der Waals surface area contributed by atoms with Gasteiger partial charge in [-0.1, -0.05) is 81.5 Å². The van der Waals surface area contributed by atoms with Crippen molar-refractivity contribution in [1.29, 1.82) is 0 Å². The lowest BCUT2D eigenvalue weighted by Gasteiger charge is -2.32. The SMILES string of the molecule is CCCCC/C=C\C/C=C\CCCCCCCC(=O)OCOC(=O)n1cc(C(O)(O)C2CCCN2C)c2ccccc21. The van der Waals surface area contributed by atoms with Crippen LogP contribution in [0.25, 0.3) is 10.9 Å². The number of carbonyl (C=O) groups is 2. The molecule has 1 aromatic heterocycles. The first kappa shape index (κ1) is 33.6. The number of aromatic nitrogens is 1. The maximum absolute atomic E-state index is 12.8. The molecule has 2 heterocycles. The number of aliphatic hydroxyl groups is 2. The topological polar surface area (TPSA) is 101 Å². The Labute approximate surface area is 251 Å². The molecule has 232 valence electrons. The van der Waals surface area contributed by atoms with E-state index in [1.165, 1.54) is 36.4 Å². The molecule has 0 amide bonds. The number of hydrogen-bond donors (Lipinski definition) is 2. The molecule has 1 aliphatic heterocycles. The fourth-order valence-electron chi connectivity index (χ4n) is 5.59. The van der Waals surface area contributed by atoms with Gasteiger partial charge in [0.05, 0.1) is 11.6 Å². The third-order valence-electron chi connectivity index (χ3n) is 8.02. The van der Waals surface area contributed by atoms with E-state index in [0.29, 0.717) is 17.3 Å². The lowest BCUT2D eigenvalue weighted by atomic mass is 9.96. The number of hydrogen-bond acceptors (Lipinski definition) is 7. The average Bonchev–Trinajstić information content (AvgIpc) is 3.60. The number of unbranched alkanes of at least 4 members (excludes halogenated alkanes) is 8. The second kappa shape index (κ2) is 17.9. The minimum absolute atomic E-state index is 0.243. The van der Waals surface area contributed by atoms with Crippen molar-refractivity contribution >= 4 is 23.0 Å². The van der Waals surface area contributed by atoms with Crippen LogP contribution >= 0.6 is 0 Å². The van der Waals surface area contributed by atoms with Crippen LogP contribution in [0.1, 0.15) is 102 Å². The Balaban J connectivity index is 1.32. The molecule has 1 aromatic carbocycles. The van der Waals surface area contributed by atoms with Crippen molar-refractivity contribution in [1.82, 2.24) is 9.47 Å². The van der Waals surface area contributed by atoms with E-state index in [-0.39, 0.29) is 12.0 Å². The van der Waals surface area contributed by atoms with Gasteiger partial charge in [0, 0.05) is 23.6 Å². The Hall–Kier alpha value is -2.94. The van der Waals surface area contributed by atoms with Gasteiger partial charge in [-0.3, -0.25) is 14.3 Å². The Morgan fingerprint density at radius 2 is 1.64 bits per heavy atom. The van der Waals surface area contributed by atoms with Gasteiger partial charge in [0.1, 0.15) is 0 Å². The van der Waals surface area contributed by atoms with E-state index in [2.05, 4.69) is 31.2 Å². The van der Waals surface area contributed by atoms with Gasteiger partial charge >= 0.3 is 12.1 Å². The first-order valence-electron chi connectivity index (χ1n) is 15.7. The molecule has 2 aromatic rings. The number of carbonyl (C=O) groups excluding carboxylic acids is 2. The summed E-state index contributed by atoms with van der Waals surface area (Å²) in [6.07, 6.45) is 23.7. The lowest BCUT2D eigenvalue weighted by Crippen LogP contribution is -2.45. The zero-order valence-corrected chi connectivity index (χ0v) is 25.5. The zero-order chi connectivity index (χ0) is 30.2. The fraction of sp³-hybridized carbons (Fsp3) is 0.588. The third kappa shape index (κ3) is 10.1. The molecule has 1 saturated heterocycles. The van der Waals surface area contributed by atoms with Crippen LogP contribution in [0.3, 0.4) is 0 Å². The third-order valence-corrected chi connectivity index (χ3v) is 8.02. The molecule has 2 N–H and O–H groups in total. The summed E-state index contributed by atoms with van der Waals surface area (Å²) in [5.41, 5.74) is 0.731. The number of nitrogens with zero attached hydrogens (tertiary/aromatic N) is 2. The average molecular weight is 583 g/mol. The van der Waals surface area contributed by atoms with Crippen LogP contribution in [0.15, 0.2) is 54.8 Å². The maximum Gasteiger partial charge on any atom is 0.421 e. The minimum Gasteiger partial charge on any atom is -0.428 e. The lowest BCUT2D eigenvalue weighted by molar-refractivity contribution is -0.206. The first-order chi connectivity index (χ1) is 20.4. The van der Waals surface area contributed by atoms with Crippen molar-refractivity contribution in [3.63, 3.8) is 0 Å². The number of benzene rings is 1. The van der Waals surface area contributed by atoms with Crippen LogP contribution in [0.4, 0.5) is 4.79 Å². The Morgan fingerprint density at radius 1 is 0.952 bits per heavy atom. The molecule has 1 atom stereocenters. The van der Waals surface area contributed by atoms with Crippen LogP contribution < -0.4 is 0 Å². The number of likely N-dealkylation sites (tertiary alicyclic amines) is 1. The smallest absolute Gasteiger partial charge is 0.421 e. The predicted molar refractivity (Wildman–Crippen MR) is 166 cm³/mol. The van der Waals surface area contributed by atoms with Gasteiger partial charge in [0.25, 0.3) is 0 Å². The summed E-state index contributed by atoms with van der Waals surface area (Å²) in [6, 6.07) is 6.52. The number of allylic oxidation sites excluding steroid dienone is 4. The number of fused-ring (bicyclic) bond motifs is 1. The monoisotopic (exact) mass is 582 g/mol. The Bertz CT molecular complexity index is 1170. The quantitative estimate of drug-likeness (QED) is 0.0831. The molecule has 3 rings (SSSR count). The van der Waals surface area contributed by atoms with Gasteiger partial charge in [0.2, 0.25) is 12.6 Å². The van der Waals surface area contributed by atoms with E-state index in [1.54, 1.807) is 24.3 Å². The highest BCUT2D eigenvalue weighted by Crippen LogP contribution is 2.36. The standard InChI is InChI=1S/C34H50N2O6/c1-3-4-5-6-7-8-9-10-11-12-13-14-15-16-17-24-32(37)41-27-42-33(38)36-26-29(28-21-18-19-22-30(28)36)34(39,40)31-23-20-25-35(31)2/h7-8,10-11,18-19,21-22,26,31,39-40H,3-6,9,12-17,20,23-25,27H2,1-2H3/b8-7-,11-10-. The van der Waals surface area contributed by atoms with E-state index in [9.17, 15) is 19.8 Å². The van der Waals surface area contributed by atoms with Crippen molar-refractivity contribution in [3.8, 4) is 0 Å². The summed E-state index contributed by atoms with van der Waals surface area (Å²) in [5.74, 6) is -2.54. The highest BCUT2D eigenvalue weighted by molar-refractivity contribution is 5.92. The van der Waals surface area contributed by atoms with Crippen molar-refractivity contribution < 1.29 is 29.3 Å². The van der Waals surface area contributed by atoms with E-state index < -0.39 is 30.7 Å². The molecule has 0 spiro atoms. The van der Waals surface area contributed by atoms with Crippen molar-refractivity contribution in [2.45, 2.75) is 109 Å². The van der Waals surface area contributed by atoms with E-state index in [4.69, 9.17) is 9.47 Å². The number of para-hydroxylation sites is 1. The van der Waals surface area contributed by atoms with Crippen LogP contribution in [0.2, 0.25) is 0 Å². The summed E-state index contributed by atoms with van der Waals surface area (Å²) in [6.45, 7) is 2.51. The molecule has 0 aliphatic carbocycles. The van der Waals surface area contributed by atoms with E-state index in [1.807, 2.05) is 11.9 Å². The van der Waals surface area contributed by atoms with Crippen molar-refractivity contribution in [2.24, 2.45) is 0 Å². The molecular weight excluding hydrogens is 532 g/mol. The van der Waals surface area contributed by atoms with Gasteiger partial charge in [0.15, 0.2) is 0 Å². The Kier molecular flexibility index (Phi) is 14.3. The summed E-state index contributed by atoms with van der Waals surface area (Å²) in [5, 5.41) is 22.8. The molecular formula is C34H50N2O6. The molecule has 0 saturated carbocycles. The van der Waals surface area contributed by atoms with E-state index in [0.717, 1.165) is 57.9 Å². The molecule has 8 nitrogen and oxygen atoms in total. The second-order valence-corrected chi connectivity index (χ2v) is 11.3. The first-order valence-corrected chi connectivity index (χ1v) is 15.7. The summed E-state index contributed by atoms with van der Waals surface area (Å²) in [4.78, 5) is 26.9. The van der Waals surface area contributed by atoms with Gasteiger partial charge in [-0.05, 0) is 71.0 Å². The second-order valence-electron chi connectivity index (χ2n) is 11.3. The van der Waals surface area contributed by atoms with Crippen molar-refractivity contribution in [2.75, 3.05) is 20.4 Å². The van der Waals surface area contributed by atoms with Crippen LogP contribution in [0.5, 0.6) is 0 Å². The molecule has 8 heteroatoms. The normalized spacial score (nSPS) is 16.2. The van der Waals surface area contributed by atoms with Crippen LogP contribution in [-0.2, 0) is 20.1 Å². The molecule has 1 fully saturated rings. The van der Waals surface area contributed by atoms with Gasteiger partial charge < -0.3 is 19.7 Å². The Morgan fingerprint density at radius 3 is 2.36 bits per heavy atom. The number of esters is 1. The van der Waals surface area contributed by atoms with Gasteiger partial charge in [-0.2, -0.15) is 0 Å². The fourth-order valence-corrected chi connectivity index (χ4v) is 5.59. The van der Waals surface area contributed by atoms with Crippen LogP contribution in [-0.4, -0.2) is 58.2 Å². The molecule has 0 bridgehead atoms. The van der Waals surface area contributed by atoms with E-state index >= 15 is 0 Å². The number of likely N-dealkylation sites (N-methyl/N-ethyl adjacent to an activating group) is 1. The largest absolute Gasteiger partial charge is 0.428 e. The number of ether oxygens (including phenoxy) is 2. The van der Waals surface area contributed by atoms with Gasteiger partial charge in [-0.25, -0.2) is 4.79 Å². The predicted octanol–water partition coefficient (Wildman–Crippen LogP) is 7.17. The van der Waals surface area contributed by atoms with Crippen LogP contribution in [0, 0.1) is 0 Å². The molecule has 0 radical (unpaired) electrons. The molecule has 1 aliphatic rings. The number of rotatable bonds is 18.